The van der Waals surface area contributed by atoms with E-state index in [-0.39, 0.29) is 11.8 Å². The molecule has 0 radical (unpaired) electrons. The second-order valence-electron chi connectivity index (χ2n) is 5.21. The van der Waals surface area contributed by atoms with Crippen molar-refractivity contribution in [1.29, 1.82) is 0 Å². The summed E-state index contributed by atoms with van der Waals surface area (Å²) in [6.07, 6.45) is 0. The molecule has 0 aliphatic carbocycles. The summed E-state index contributed by atoms with van der Waals surface area (Å²) < 4.78 is 0. The zero-order chi connectivity index (χ0) is 14.8. The molecule has 4 nitrogen and oxygen atoms in total. The lowest BCUT2D eigenvalue weighted by Gasteiger charge is -2.35. The summed E-state index contributed by atoms with van der Waals surface area (Å²) in [5.74, 6) is -0.461. The van der Waals surface area contributed by atoms with Crippen molar-refractivity contribution in [3.63, 3.8) is 0 Å². The van der Waals surface area contributed by atoms with Crippen LogP contribution in [0, 0.1) is 0 Å². The largest absolute Gasteiger partial charge is 0.282 e. The molecule has 2 heterocycles. The molecule has 2 rings (SSSR count). The molecule has 1 N–H and O–H groups in total. The van der Waals surface area contributed by atoms with Crippen molar-refractivity contribution in [2.24, 2.45) is 0 Å². The fourth-order valence-corrected chi connectivity index (χ4v) is 2.86. The van der Waals surface area contributed by atoms with Crippen LogP contribution in [0.15, 0.2) is 35.0 Å². The number of rotatable bonds is 2. The zero-order valence-electron chi connectivity index (χ0n) is 11.5. The number of hydrazine groups is 1. The molecule has 2 amide bonds. The molecule has 2 aromatic rings. The minimum Gasteiger partial charge on any atom is -0.266 e. The second-order valence-corrected chi connectivity index (χ2v) is 7.10. The summed E-state index contributed by atoms with van der Waals surface area (Å²) in [4.78, 5) is 25.8. The maximum Gasteiger partial charge on any atom is 0.282 e. The molecular formula is C14H16N2O2S2. The Balaban J connectivity index is 2.21. The second kappa shape index (κ2) is 5.76. The van der Waals surface area contributed by atoms with Crippen LogP contribution in [-0.4, -0.2) is 22.4 Å². The van der Waals surface area contributed by atoms with E-state index in [1.165, 1.54) is 27.7 Å². The Morgan fingerprint density at radius 3 is 2.05 bits per heavy atom. The Morgan fingerprint density at radius 2 is 1.60 bits per heavy atom. The van der Waals surface area contributed by atoms with Gasteiger partial charge in [0.15, 0.2) is 0 Å². The Kier molecular flexibility index (Phi) is 4.25. The molecule has 106 valence electrons. The first-order chi connectivity index (χ1) is 9.39. The predicted molar refractivity (Wildman–Crippen MR) is 82.0 cm³/mol. The Labute approximate surface area is 126 Å². The molecule has 0 aliphatic heterocycles. The van der Waals surface area contributed by atoms with Gasteiger partial charge >= 0.3 is 0 Å². The molecule has 6 heteroatoms. The molecule has 0 atom stereocenters. The Hall–Kier alpha value is -1.66. The zero-order valence-corrected chi connectivity index (χ0v) is 13.2. The van der Waals surface area contributed by atoms with Crippen LogP contribution in [0.2, 0.25) is 0 Å². The van der Waals surface area contributed by atoms with Gasteiger partial charge in [0.1, 0.15) is 0 Å². The number of amides is 2. The Morgan fingerprint density at radius 1 is 1.05 bits per heavy atom. The fraction of sp³-hybridized carbons (Fsp3) is 0.286. The maximum atomic E-state index is 12.5. The predicted octanol–water partition coefficient (Wildman–Crippen LogP) is 3.40. The van der Waals surface area contributed by atoms with E-state index in [1.807, 2.05) is 43.7 Å². The molecule has 2 aromatic heterocycles. The summed E-state index contributed by atoms with van der Waals surface area (Å²) in [5.41, 5.74) is 2.20. The van der Waals surface area contributed by atoms with E-state index < -0.39 is 5.54 Å². The third kappa shape index (κ3) is 3.26. The first-order valence-electron chi connectivity index (χ1n) is 6.12. The monoisotopic (exact) mass is 308 g/mol. The lowest BCUT2D eigenvalue weighted by Crippen LogP contribution is -2.55. The van der Waals surface area contributed by atoms with Crippen molar-refractivity contribution in [3.8, 4) is 0 Å². The van der Waals surface area contributed by atoms with Gasteiger partial charge in [-0.3, -0.25) is 15.0 Å². The van der Waals surface area contributed by atoms with Gasteiger partial charge in [0.2, 0.25) is 0 Å². The van der Waals surface area contributed by atoms with Crippen molar-refractivity contribution in [2.75, 3.05) is 0 Å². The van der Waals surface area contributed by atoms with Gasteiger partial charge in [-0.2, -0.15) is 0 Å². The van der Waals surface area contributed by atoms with Crippen molar-refractivity contribution in [1.82, 2.24) is 10.4 Å². The lowest BCUT2D eigenvalue weighted by molar-refractivity contribution is 0.0364. The van der Waals surface area contributed by atoms with Crippen LogP contribution in [-0.2, 0) is 0 Å². The molecule has 0 unspecified atom stereocenters. The third-order valence-corrected chi connectivity index (χ3v) is 4.29. The first-order valence-corrected chi connectivity index (χ1v) is 7.88. The molecule has 0 saturated heterocycles. The van der Waals surface area contributed by atoms with E-state index in [0.29, 0.717) is 9.75 Å². The van der Waals surface area contributed by atoms with Crippen LogP contribution in [0.1, 0.15) is 40.1 Å². The number of thiophene rings is 2. The van der Waals surface area contributed by atoms with E-state index in [1.54, 1.807) is 12.1 Å². The van der Waals surface area contributed by atoms with Crippen LogP contribution in [0.4, 0.5) is 0 Å². The normalized spacial score (nSPS) is 11.2. The highest BCUT2D eigenvalue weighted by molar-refractivity contribution is 7.12. The number of nitrogens with zero attached hydrogens (tertiary/aromatic N) is 1. The van der Waals surface area contributed by atoms with Crippen molar-refractivity contribution < 1.29 is 9.59 Å². The van der Waals surface area contributed by atoms with E-state index in [2.05, 4.69) is 5.43 Å². The van der Waals surface area contributed by atoms with Crippen LogP contribution >= 0.6 is 22.7 Å². The molecule has 0 saturated carbocycles. The van der Waals surface area contributed by atoms with Gasteiger partial charge in [-0.1, -0.05) is 12.1 Å². The highest BCUT2D eigenvalue weighted by atomic mass is 32.1. The standard InChI is InChI=1S/C14H16N2O2S2/c1-14(2,3)16(13(18)11-7-5-9-20-11)15-12(17)10-6-4-8-19-10/h4-9H,1-3H3,(H,15,17). The highest BCUT2D eigenvalue weighted by Crippen LogP contribution is 2.19. The molecule has 0 aromatic carbocycles. The van der Waals surface area contributed by atoms with Gasteiger partial charge in [0.05, 0.1) is 15.3 Å². The minimum atomic E-state index is -0.506. The minimum absolute atomic E-state index is 0.197. The maximum absolute atomic E-state index is 12.5. The number of carbonyl (C=O) groups is 2. The van der Waals surface area contributed by atoms with E-state index in [4.69, 9.17) is 0 Å². The van der Waals surface area contributed by atoms with Gasteiger partial charge < -0.3 is 0 Å². The van der Waals surface area contributed by atoms with Crippen molar-refractivity contribution >= 4 is 34.5 Å². The van der Waals surface area contributed by atoms with Crippen LogP contribution in [0.25, 0.3) is 0 Å². The molecule has 0 spiro atoms. The molecule has 0 bridgehead atoms. The van der Waals surface area contributed by atoms with E-state index in [0.717, 1.165) is 0 Å². The SMILES string of the molecule is CC(C)(C)N(NC(=O)c1cccs1)C(=O)c1cccs1. The summed E-state index contributed by atoms with van der Waals surface area (Å²) >= 11 is 2.71. The Bertz CT molecular complexity index is 583. The van der Waals surface area contributed by atoms with E-state index in [9.17, 15) is 9.59 Å². The van der Waals surface area contributed by atoms with Crippen molar-refractivity contribution in [2.45, 2.75) is 26.3 Å². The molecular weight excluding hydrogens is 292 g/mol. The van der Waals surface area contributed by atoms with Gasteiger partial charge in [0, 0.05) is 0 Å². The van der Waals surface area contributed by atoms with Gasteiger partial charge in [-0.05, 0) is 43.7 Å². The summed E-state index contributed by atoms with van der Waals surface area (Å²) in [6, 6.07) is 7.11. The van der Waals surface area contributed by atoms with Crippen LogP contribution in [0.3, 0.4) is 0 Å². The van der Waals surface area contributed by atoms with E-state index >= 15 is 0 Å². The van der Waals surface area contributed by atoms with Gasteiger partial charge in [-0.15, -0.1) is 22.7 Å². The highest BCUT2D eigenvalue weighted by Gasteiger charge is 2.30. The number of nitrogens with one attached hydrogen (secondary N) is 1. The fourth-order valence-electron chi connectivity index (χ4n) is 1.60. The molecule has 0 fully saturated rings. The number of hydrogen-bond acceptors (Lipinski definition) is 4. The van der Waals surface area contributed by atoms with Gasteiger partial charge in [0.25, 0.3) is 11.8 Å². The summed E-state index contributed by atoms with van der Waals surface area (Å²) in [7, 11) is 0. The quantitative estimate of drug-likeness (QED) is 0.865. The molecule has 20 heavy (non-hydrogen) atoms. The topological polar surface area (TPSA) is 49.4 Å². The third-order valence-electron chi connectivity index (χ3n) is 2.56. The first kappa shape index (κ1) is 14.7. The van der Waals surface area contributed by atoms with Crippen LogP contribution in [0.5, 0.6) is 0 Å². The van der Waals surface area contributed by atoms with Gasteiger partial charge in [-0.25, -0.2) is 5.01 Å². The van der Waals surface area contributed by atoms with Crippen LogP contribution < -0.4 is 5.43 Å². The van der Waals surface area contributed by atoms with Crippen molar-refractivity contribution in [3.05, 3.63) is 44.8 Å². The lowest BCUT2D eigenvalue weighted by atomic mass is 10.1. The average molecular weight is 308 g/mol. The smallest absolute Gasteiger partial charge is 0.266 e. The summed E-state index contributed by atoms with van der Waals surface area (Å²) in [5, 5.41) is 5.06. The number of carbonyl (C=O) groups excluding carboxylic acids is 2. The number of hydrogen-bond donors (Lipinski definition) is 1. The average Bonchev–Trinajstić information content (AvgIpc) is 3.04. The summed E-state index contributed by atoms with van der Waals surface area (Å²) in [6.45, 7) is 5.65. The molecule has 0 aliphatic rings.